The largest absolute Gasteiger partial charge is 0.314 e. The van der Waals surface area contributed by atoms with Crippen LogP contribution in [0.25, 0.3) is 0 Å². The third kappa shape index (κ3) is 4.17. The molecule has 126 valence electrons. The Bertz CT molecular complexity index is 736. The Hall–Kier alpha value is -1.73. The maximum absolute atomic E-state index is 12.4. The van der Waals surface area contributed by atoms with Crippen molar-refractivity contribution >= 4 is 10.0 Å². The molecule has 0 aliphatic heterocycles. The first-order valence-electron chi connectivity index (χ1n) is 7.83. The minimum absolute atomic E-state index is 0.119. The van der Waals surface area contributed by atoms with Gasteiger partial charge in [-0.15, -0.1) is 10.2 Å². The van der Waals surface area contributed by atoms with Crippen molar-refractivity contribution in [3.05, 3.63) is 42.0 Å². The SMILES string of the molecule is CC[C@@H](C)c1ccc(S(=O)(=O)NCc2nncn2C(C)C)cc1. The fourth-order valence-corrected chi connectivity index (χ4v) is 3.26. The van der Waals surface area contributed by atoms with Crippen LogP contribution in [-0.2, 0) is 16.6 Å². The first-order chi connectivity index (χ1) is 10.8. The van der Waals surface area contributed by atoms with Gasteiger partial charge in [0.05, 0.1) is 11.4 Å². The highest BCUT2D eigenvalue weighted by Crippen LogP contribution is 2.20. The quantitative estimate of drug-likeness (QED) is 0.843. The standard InChI is InChI=1S/C16H24N4O2S/c1-5-13(4)14-6-8-15(9-7-14)23(21,22)18-10-16-19-17-11-20(16)12(2)3/h6-9,11-13,18H,5,10H2,1-4H3/t13-/m1/s1. The predicted octanol–water partition coefficient (Wildman–Crippen LogP) is 2.85. The van der Waals surface area contributed by atoms with E-state index in [1.54, 1.807) is 18.5 Å². The second kappa shape index (κ2) is 7.23. The minimum Gasteiger partial charge on any atom is -0.314 e. The van der Waals surface area contributed by atoms with E-state index in [-0.39, 0.29) is 17.5 Å². The lowest BCUT2D eigenvalue weighted by atomic mass is 9.99. The molecular formula is C16H24N4O2S. The number of rotatable bonds is 7. The van der Waals surface area contributed by atoms with E-state index >= 15 is 0 Å². The van der Waals surface area contributed by atoms with E-state index in [1.807, 2.05) is 30.5 Å². The first-order valence-corrected chi connectivity index (χ1v) is 9.31. The van der Waals surface area contributed by atoms with E-state index in [0.717, 1.165) is 12.0 Å². The average molecular weight is 336 g/mol. The van der Waals surface area contributed by atoms with E-state index in [1.165, 1.54) is 0 Å². The summed E-state index contributed by atoms with van der Waals surface area (Å²) in [7, 11) is -3.56. The number of nitrogens with one attached hydrogen (secondary N) is 1. The molecule has 1 N–H and O–H groups in total. The molecule has 0 radical (unpaired) electrons. The zero-order chi connectivity index (χ0) is 17.0. The maximum atomic E-state index is 12.4. The van der Waals surface area contributed by atoms with Gasteiger partial charge >= 0.3 is 0 Å². The van der Waals surface area contributed by atoms with Crippen LogP contribution in [0, 0.1) is 0 Å². The van der Waals surface area contributed by atoms with Gasteiger partial charge in [-0.1, -0.05) is 26.0 Å². The second-order valence-corrected chi connectivity index (χ2v) is 7.72. The van der Waals surface area contributed by atoms with Crippen LogP contribution in [0.5, 0.6) is 0 Å². The molecule has 0 saturated carbocycles. The number of sulfonamides is 1. The highest BCUT2D eigenvalue weighted by atomic mass is 32.2. The second-order valence-electron chi connectivity index (χ2n) is 5.95. The summed E-state index contributed by atoms with van der Waals surface area (Å²) in [6.45, 7) is 8.35. The molecule has 6 nitrogen and oxygen atoms in total. The highest BCUT2D eigenvalue weighted by molar-refractivity contribution is 7.89. The van der Waals surface area contributed by atoms with Crippen LogP contribution in [0.1, 0.15) is 57.5 Å². The van der Waals surface area contributed by atoms with Gasteiger partial charge in [0.1, 0.15) is 12.2 Å². The summed E-state index contributed by atoms with van der Waals surface area (Å²) in [4.78, 5) is 0.264. The fraction of sp³-hybridized carbons (Fsp3) is 0.500. The van der Waals surface area contributed by atoms with Gasteiger partial charge in [-0.3, -0.25) is 0 Å². The van der Waals surface area contributed by atoms with Gasteiger partial charge in [0, 0.05) is 6.04 Å². The lowest BCUT2D eigenvalue weighted by Crippen LogP contribution is -2.25. The van der Waals surface area contributed by atoms with Crippen LogP contribution < -0.4 is 4.72 Å². The Morgan fingerprint density at radius 1 is 1.17 bits per heavy atom. The molecule has 2 rings (SSSR count). The maximum Gasteiger partial charge on any atom is 0.240 e. The third-order valence-corrected chi connectivity index (χ3v) is 5.41. The molecule has 0 unspecified atom stereocenters. The van der Waals surface area contributed by atoms with Crippen molar-refractivity contribution in [2.75, 3.05) is 0 Å². The average Bonchev–Trinajstić information content (AvgIpc) is 3.01. The number of benzene rings is 1. The molecule has 2 aromatic rings. The minimum atomic E-state index is -3.56. The summed E-state index contributed by atoms with van der Waals surface area (Å²) < 4.78 is 29.2. The summed E-state index contributed by atoms with van der Waals surface area (Å²) in [5, 5.41) is 7.80. The Labute approximate surface area is 138 Å². The summed E-state index contributed by atoms with van der Waals surface area (Å²) in [6.07, 6.45) is 2.63. The van der Waals surface area contributed by atoms with Gasteiger partial charge in [0.2, 0.25) is 10.0 Å². The number of aromatic nitrogens is 3. The van der Waals surface area contributed by atoms with Crippen molar-refractivity contribution in [2.24, 2.45) is 0 Å². The molecule has 23 heavy (non-hydrogen) atoms. The lowest BCUT2D eigenvalue weighted by Gasteiger charge is -2.12. The number of nitrogens with zero attached hydrogens (tertiary/aromatic N) is 3. The number of hydrogen-bond donors (Lipinski definition) is 1. The van der Waals surface area contributed by atoms with Crippen molar-refractivity contribution < 1.29 is 8.42 Å². The topological polar surface area (TPSA) is 76.9 Å². The van der Waals surface area contributed by atoms with Crippen molar-refractivity contribution in [3.63, 3.8) is 0 Å². The van der Waals surface area contributed by atoms with E-state index in [0.29, 0.717) is 11.7 Å². The van der Waals surface area contributed by atoms with E-state index < -0.39 is 10.0 Å². The Morgan fingerprint density at radius 3 is 2.39 bits per heavy atom. The van der Waals surface area contributed by atoms with Gasteiger partial charge in [0.25, 0.3) is 0 Å². The smallest absolute Gasteiger partial charge is 0.240 e. The van der Waals surface area contributed by atoms with Crippen LogP contribution in [0.3, 0.4) is 0 Å². The molecule has 1 aromatic heterocycles. The van der Waals surface area contributed by atoms with Crippen molar-refractivity contribution in [2.45, 2.75) is 57.5 Å². The fourth-order valence-electron chi connectivity index (χ4n) is 2.28. The van der Waals surface area contributed by atoms with Crippen molar-refractivity contribution in [1.29, 1.82) is 0 Å². The molecule has 0 aliphatic carbocycles. The summed E-state index contributed by atoms with van der Waals surface area (Å²) in [5.41, 5.74) is 1.14. The summed E-state index contributed by atoms with van der Waals surface area (Å²) >= 11 is 0. The molecule has 0 saturated heterocycles. The summed E-state index contributed by atoms with van der Waals surface area (Å²) in [5.74, 6) is 1.02. The van der Waals surface area contributed by atoms with Gasteiger partial charge in [-0.25, -0.2) is 13.1 Å². The number of hydrogen-bond acceptors (Lipinski definition) is 4. The molecule has 0 bridgehead atoms. The molecule has 0 spiro atoms. The normalized spacial score (nSPS) is 13.4. The van der Waals surface area contributed by atoms with E-state index in [4.69, 9.17) is 0 Å². The molecule has 0 fully saturated rings. The van der Waals surface area contributed by atoms with Crippen LogP contribution >= 0.6 is 0 Å². The Balaban J connectivity index is 2.11. The van der Waals surface area contributed by atoms with Crippen molar-refractivity contribution in [3.8, 4) is 0 Å². The van der Waals surface area contributed by atoms with Crippen LogP contribution in [-0.4, -0.2) is 23.2 Å². The van der Waals surface area contributed by atoms with Crippen molar-refractivity contribution in [1.82, 2.24) is 19.5 Å². The van der Waals surface area contributed by atoms with Crippen LogP contribution in [0.15, 0.2) is 35.5 Å². The van der Waals surface area contributed by atoms with E-state index in [9.17, 15) is 8.42 Å². The molecule has 1 heterocycles. The summed E-state index contributed by atoms with van der Waals surface area (Å²) in [6, 6.07) is 7.23. The van der Waals surface area contributed by atoms with Gasteiger partial charge in [0.15, 0.2) is 0 Å². The molecule has 0 amide bonds. The third-order valence-electron chi connectivity index (χ3n) is 4.00. The van der Waals surface area contributed by atoms with Crippen LogP contribution in [0.2, 0.25) is 0 Å². The van der Waals surface area contributed by atoms with Gasteiger partial charge in [-0.2, -0.15) is 0 Å². The molecule has 7 heteroatoms. The monoisotopic (exact) mass is 336 g/mol. The Kier molecular flexibility index (Phi) is 5.54. The van der Waals surface area contributed by atoms with Gasteiger partial charge in [-0.05, 0) is 43.9 Å². The molecule has 1 atom stereocenters. The molecule has 0 aliphatic rings. The lowest BCUT2D eigenvalue weighted by molar-refractivity contribution is 0.549. The highest BCUT2D eigenvalue weighted by Gasteiger charge is 2.16. The zero-order valence-corrected chi connectivity index (χ0v) is 14.8. The van der Waals surface area contributed by atoms with Crippen LogP contribution in [0.4, 0.5) is 0 Å². The van der Waals surface area contributed by atoms with E-state index in [2.05, 4.69) is 28.8 Å². The first kappa shape index (κ1) is 17.6. The van der Waals surface area contributed by atoms with Gasteiger partial charge < -0.3 is 4.57 Å². The zero-order valence-electron chi connectivity index (χ0n) is 14.0. The Morgan fingerprint density at radius 2 is 1.83 bits per heavy atom. The molecule has 1 aromatic carbocycles. The molecular weight excluding hydrogens is 312 g/mol. The predicted molar refractivity (Wildman–Crippen MR) is 89.6 cm³/mol.